The Morgan fingerprint density at radius 1 is 1.33 bits per heavy atom. The van der Waals surface area contributed by atoms with E-state index in [1.54, 1.807) is 0 Å². The summed E-state index contributed by atoms with van der Waals surface area (Å²) < 4.78 is 5.52. The first-order valence-electron chi connectivity index (χ1n) is 7.23. The van der Waals surface area contributed by atoms with Crippen LogP contribution in [0.15, 0.2) is 0 Å². The lowest BCUT2D eigenvalue weighted by Gasteiger charge is -2.38. The lowest BCUT2D eigenvalue weighted by Crippen LogP contribution is -2.49. The summed E-state index contributed by atoms with van der Waals surface area (Å²) in [6.45, 7) is 6.60. The third kappa shape index (κ3) is 3.45. The van der Waals surface area contributed by atoms with Gasteiger partial charge < -0.3 is 15.4 Å². The highest BCUT2D eigenvalue weighted by Gasteiger charge is 2.33. The van der Waals surface area contributed by atoms with Crippen molar-refractivity contribution in [2.45, 2.75) is 51.7 Å². The van der Waals surface area contributed by atoms with E-state index in [2.05, 4.69) is 6.92 Å². The van der Waals surface area contributed by atoms with Crippen LogP contribution in [-0.2, 0) is 9.53 Å². The number of carbonyl (C=O) groups is 1. The average molecular weight is 254 g/mol. The Balaban J connectivity index is 1.72. The molecule has 2 fully saturated rings. The largest absolute Gasteiger partial charge is 0.378 e. The van der Waals surface area contributed by atoms with Crippen LogP contribution in [-0.4, -0.2) is 42.6 Å². The highest BCUT2D eigenvalue weighted by atomic mass is 16.5. The minimum atomic E-state index is 0.162. The Kier molecular flexibility index (Phi) is 4.62. The van der Waals surface area contributed by atoms with E-state index in [0.717, 1.165) is 39.0 Å². The summed E-state index contributed by atoms with van der Waals surface area (Å²) in [4.78, 5) is 14.2. The zero-order valence-electron chi connectivity index (χ0n) is 11.6. The molecule has 2 atom stereocenters. The van der Waals surface area contributed by atoms with Gasteiger partial charge in [0.15, 0.2) is 0 Å². The second kappa shape index (κ2) is 6.02. The fraction of sp³-hybridized carbons (Fsp3) is 0.929. The fourth-order valence-electron chi connectivity index (χ4n) is 3.19. The molecule has 1 heterocycles. The molecule has 1 saturated heterocycles. The molecule has 2 rings (SSSR count). The number of hydrogen-bond donors (Lipinski definition) is 1. The number of rotatable bonds is 4. The summed E-state index contributed by atoms with van der Waals surface area (Å²) in [5.74, 6) is 1.36. The molecule has 104 valence electrons. The molecule has 0 aromatic carbocycles. The number of piperidine rings is 1. The van der Waals surface area contributed by atoms with Crippen LogP contribution in [0.4, 0.5) is 0 Å². The monoisotopic (exact) mass is 254 g/mol. The molecule has 2 unspecified atom stereocenters. The van der Waals surface area contributed by atoms with Gasteiger partial charge in [0.2, 0.25) is 5.91 Å². The van der Waals surface area contributed by atoms with Crippen molar-refractivity contribution in [3.63, 3.8) is 0 Å². The molecule has 0 spiro atoms. The molecule has 1 aliphatic carbocycles. The van der Waals surface area contributed by atoms with E-state index >= 15 is 0 Å². The van der Waals surface area contributed by atoms with Gasteiger partial charge in [0, 0.05) is 32.2 Å². The van der Waals surface area contributed by atoms with Crippen molar-refractivity contribution in [1.29, 1.82) is 0 Å². The lowest BCUT2D eigenvalue weighted by molar-refractivity contribution is -0.136. The highest BCUT2D eigenvalue weighted by Crippen LogP contribution is 2.33. The average Bonchev–Trinajstić information content (AvgIpc) is 2.24. The van der Waals surface area contributed by atoms with E-state index in [0.29, 0.717) is 24.4 Å². The van der Waals surface area contributed by atoms with Gasteiger partial charge in [0.1, 0.15) is 0 Å². The van der Waals surface area contributed by atoms with Crippen LogP contribution in [0.3, 0.4) is 0 Å². The van der Waals surface area contributed by atoms with Crippen LogP contribution < -0.4 is 5.73 Å². The van der Waals surface area contributed by atoms with E-state index in [1.165, 1.54) is 0 Å². The molecule has 4 nitrogen and oxygen atoms in total. The zero-order valence-corrected chi connectivity index (χ0v) is 11.6. The minimum absolute atomic E-state index is 0.162. The maximum absolute atomic E-state index is 12.2. The van der Waals surface area contributed by atoms with Crippen molar-refractivity contribution in [2.24, 2.45) is 17.6 Å². The second-order valence-corrected chi connectivity index (χ2v) is 6.02. The molecule has 4 heteroatoms. The van der Waals surface area contributed by atoms with Crippen molar-refractivity contribution in [3.8, 4) is 0 Å². The summed E-state index contributed by atoms with van der Waals surface area (Å²) in [6, 6.07) is 0.162. The molecule has 1 aliphatic heterocycles. The normalized spacial score (nSPS) is 36.3. The van der Waals surface area contributed by atoms with Crippen LogP contribution in [0.2, 0.25) is 0 Å². The first-order chi connectivity index (χ1) is 8.58. The maximum Gasteiger partial charge on any atom is 0.222 e. The third-order valence-electron chi connectivity index (χ3n) is 4.10. The first-order valence-corrected chi connectivity index (χ1v) is 7.23. The number of nitrogens with two attached hydrogens (primary N) is 1. The van der Waals surface area contributed by atoms with Gasteiger partial charge in [-0.25, -0.2) is 0 Å². The predicted octanol–water partition coefficient (Wildman–Crippen LogP) is 1.39. The van der Waals surface area contributed by atoms with Crippen LogP contribution in [0.5, 0.6) is 0 Å². The third-order valence-corrected chi connectivity index (χ3v) is 4.10. The van der Waals surface area contributed by atoms with Gasteiger partial charge in [-0.1, -0.05) is 6.92 Å². The molecule has 0 aromatic rings. The van der Waals surface area contributed by atoms with Crippen LogP contribution in [0, 0.1) is 11.8 Å². The van der Waals surface area contributed by atoms with E-state index in [9.17, 15) is 4.79 Å². The molecule has 0 aromatic heterocycles. The number of ether oxygens (including phenoxy) is 1. The summed E-state index contributed by atoms with van der Waals surface area (Å²) in [5, 5.41) is 0. The molecular weight excluding hydrogens is 228 g/mol. The summed E-state index contributed by atoms with van der Waals surface area (Å²) in [6.07, 6.45) is 4.22. The standard InChI is InChI=1S/C14H26N2O2/c1-3-18-13-5-11(6-13)7-14(17)16-8-10(2)4-12(15)9-16/h10-13H,3-9,15H2,1-2H3. The molecule has 2 aliphatic rings. The zero-order chi connectivity index (χ0) is 13.1. The van der Waals surface area contributed by atoms with Crippen molar-refractivity contribution < 1.29 is 9.53 Å². The predicted molar refractivity (Wildman–Crippen MR) is 71.1 cm³/mol. The summed E-state index contributed by atoms with van der Waals surface area (Å²) in [5.41, 5.74) is 5.98. The van der Waals surface area contributed by atoms with Gasteiger partial charge in [-0.05, 0) is 38.0 Å². The van der Waals surface area contributed by atoms with Crippen LogP contribution in [0.25, 0.3) is 0 Å². The molecule has 1 amide bonds. The van der Waals surface area contributed by atoms with Gasteiger partial charge in [-0.2, -0.15) is 0 Å². The molecule has 18 heavy (non-hydrogen) atoms. The molecule has 0 radical (unpaired) electrons. The molecular formula is C14H26N2O2. The van der Waals surface area contributed by atoms with E-state index in [4.69, 9.17) is 10.5 Å². The number of amides is 1. The Hall–Kier alpha value is -0.610. The Morgan fingerprint density at radius 3 is 2.67 bits per heavy atom. The van der Waals surface area contributed by atoms with Crippen molar-refractivity contribution in [1.82, 2.24) is 4.90 Å². The SMILES string of the molecule is CCOC1CC(CC(=O)N2CC(C)CC(N)C2)C1. The fourth-order valence-corrected chi connectivity index (χ4v) is 3.19. The van der Waals surface area contributed by atoms with Gasteiger partial charge in [-0.15, -0.1) is 0 Å². The first kappa shape index (κ1) is 13.8. The molecule has 0 bridgehead atoms. The Labute approximate surface area is 110 Å². The number of hydrogen-bond acceptors (Lipinski definition) is 3. The van der Waals surface area contributed by atoms with Gasteiger partial charge in [0.05, 0.1) is 6.10 Å². The second-order valence-electron chi connectivity index (χ2n) is 6.02. The smallest absolute Gasteiger partial charge is 0.222 e. The Bertz CT molecular complexity index is 280. The quantitative estimate of drug-likeness (QED) is 0.825. The molecule has 1 saturated carbocycles. The number of nitrogens with zero attached hydrogens (tertiary/aromatic N) is 1. The number of likely N-dealkylation sites (tertiary alicyclic amines) is 1. The van der Waals surface area contributed by atoms with E-state index < -0.39 is 0 Å². The van der Waals surface area contributed by atoms with Crippen LogP contribution in [0.1, 0.15) is 39.5 Å². The number of carbonyl (C=O) groups excluding carboxylic acids is 1. The van der Waals surface area contributed by atoms with Gasteiger partial charge in [0.25, 0.3) is 0 Å². The van der Waals surface area contributed by atoms with Crippen molar-refractivity contribution in [3.05, 3.63) is 0 Å². The topological polar surface area (TPSA) is 55.6 Å². The Morgan fingerprint density at radius 2 is 2.06 bits per heavy atom. The van der Waals surface area contributed by atoms with Crippen molar-refractivity contribution >= 4 is 5.91 Å². The minimum Gasteiger partial charge on any atom is -0.378 e. The molecule has 2 N–H and O–H groups in total. The van der Waals surface area contributed by atoms with Gasteiger partial charge in [-0.3, -0.25) is 4.79 Å². The van der Waals surface area contributed by atoms with Gasteiger partial charge >= 0.3 is 0 Å². The summed E-state index contributed by atoms with van der Waals surface area (Å²) >= 11 is 0. The lowest BCUT2D eigenvalue weighted by atomic mass is 9.79. The van der Waals surface area contributed by atoms with Crippen LogP contribution >= 0.6 is 0 Å². The summed E-state index contributed by atoms with van der Waals surface area (Å²) in [7, 11) is 0. The van der Waals surface area contributed by atoms with E-state index in [-0.39, 0.29) is 11.9 Å². The highest BCUT2D eigenvalue weighted by molar-refractivity contribution is 5.76. The van der Waals surface area contributed by atoms with E-state index in [1.807, 2.05) is 11.8 Å². The maximum atomic E-state index is 12.2. The van der Waals surface area contributed by atoms with Crippen molar-refractivity contribution in [2.75, 3.05) is 19.7 Å².